The number of hydrogen-bond donors (Lipinski definition) is 2. The molecule has 1 atom stereocenters. The molecule has 2 amide bonds. The van der Waals surface area contributed by atoms with Gasteiger partial charge in [0.1, 0.15) is 5.60 Å². The lowest BCUT2D eigenvalue weighted by molar-refractivity contribution is -0.142. The van der Waals surface area contributed by atoms with Crippen LogP contribution in [0.15, 0.2) is 27.4 Å². The smallest absolute Gasteiger partial charge is 0.435 e. The first-order chi connectivity index (χ1) is 21.2. The Labute approximate surface area is 272 Å². The maximum atomic E-state index is 14.5. The van der Waals surface area contributed by atoms with Gasteiger partial charge in [0.15, 0.2) is 34.7 Å². The Bertz CT molecular complexity index is 1630. The molecule has 1 saturated heterocycles. The Balaban J connectivity index is 2.12. The molecule has 0 spiro atoms. The van der Waals surface area contributed by atoms with Crippen molar-refractivity contribution in [1.29, 1.82) is 0 Å². The summed E-state index contributed by atoms with van der Waals surface area (Å²) in [5.41, 5.74) is -3.43. The number of carbonyl (C=O) groups is 2. The van der Waals surface area contributed by atoms with Crippen LogP contribution in [0.25, 0.3) is 0 Å². The molecule has 262 valence electrons. The van der Waals surface area contributed by atoms with E-state index in [9.17, 15) is 35.8 Å². The Morgan fingerprint density at radius 3 is 2.28 bits per heavy atom. The third-order valence-corrected chi connectivity index (χ3v) is 15.6. The number of rotatable bonds is 6. The first-order valence-corrected chi connectivity index (χ1v) is 19.3. The number of nitrogens with one attached hydrogen (secondary N) is 2. The summed E-state index contributed by atoms with van der Waals surface area (Å²) in [6.07, 6.45) is -5.77. The normalized spacial score (nSPS) is 17.3. The number of anilines is 2. The third-order valence-electron chi connectivity index (χ3n) is 7.80. The van der Waals surface area contributed by atoms with Crippen LogP contribution in [0.5, 0.6) is 0 Å². The fourth-order valence-electron chi connectivity index (χ4n) is 4.37. The average Bonchev–Trinajstić information content (AvgIpc) is 3.05. The van der Waals surface area contributed by atoms with Crippen molar-refractivity contribution in [3.05, 3.63) is 35.2 Å². The van der Waals surface area contributed by atoms with Crippen LogP contribution in [0.3, 0.4) is 0 Å². The largest absolute Gasteiger partial charge is 0.443 e. The van der Waals surface area contributed by atoms with E-state index in [-0.39, 0.29) is 36.0 Å². The number of aromatic nitrogens is 3. The average molecular weight is 708 g/mol. The molecule has 0 aliphatic carbocycles. The van der Waals surface area contributed by atoms with E-state index >= 15 is 0 Å². The molecule has 0 bridgehead atoms. The molecule has 18 heteroatoms. The molecule has 2 aromatic heterocycles. The zero-order chi connectivity index (χ0) is 35.8. The van der Waals surface area contributed by atoms with Crippen LogP contribution >= 0.6 is 0 Å². The number of pyridine rings is 1. The second-order valence-electron chi connectivity index (χ2n) is 13.9. The Kier molecular flexibility index (Phi) is 10.7. The van der Waals surface area contributed by atoms with Gasteiger partial charge in [0.05, 0.1) is 5.56 Å². The summed E-state index contributed by atoms with van der Waals surface area (Å²) < 4.78 is 96.5. The van der Waals surface area contributed by atoms with E-state index in [0.717, 1.165) is 6.92 Å². The lowest BCUT2D eigenvalue weighted by atomic mass is 10.1. The zero-order valence-electron chi connectivity index (χ0n) is 27.9. The highest BCUT2D eigenvalue weighted by Gasteiger charge is 2.41. The molecule has 47 heavy (non-hydrogen) atoms. The van der Waals surface area contributed by atoms with Gasteiger partial charge >= 0.3 is 12.3 Å². The number of halogens is 5. The first-order valence-electron chi connectivity index (χ1n) is 14.9. The Hall–Kier alpha value is -3.41. The predicted molar refractivity (Wildman–Crippen MR) is 170 cm³/mol. The number of nitrogens with zero attached hydrogens (tertiary/aromatic N) is 5. The molecule has 2 N–H and O–H groups in total. The molecule has 0 radical (unpaired) electrons. The van der Waals surface area contributed by atoms with Crippen LogP contribution < -0.4 is 14.9 Å². The molecular formula is C29H42F5N7O4SSi. The topological polar surface area (TPSA) is 139 Å². The van der Waals surface area contributed by atoms with Crippen molar-refractivity contribution in [1.82, 2.24) is 19.9 Å². The maximum Gasteiger partial charge on any atom is 0.435 e. The minimum absolute atomic E-state index is 0.0141. The van der Waals surface area contributed by atoms with Gasteiger partial charge in [-0.15, -0.1) is 10.2 Å². The second kappa shape index (κ2) is 13.2. The fourth-order valence-corrected chi connectivity index (χ4v) is 9.46. The van der Waals surface area contributed by atoms with E-state index in [0.29, 0.717) is 0 Å². The highest BCUT2D eigenvalue weighted by molar-refractivity contribution is 7.93. The van der Waals surface area contributed by atoms with E-state index in [1.807, 2.05) is 33.9 Å². The van der Waals surface area contributed by atoms with Gasteiger partial charge in [-0.3, -0.25) is 8.82 Å². The van der Waals surface area contributed by atoms with Crippen molar-refractivity contribution in [3.8, 4) is 0 Å². The number of ether oxygens (including phenoxy) is 1. The van der Waals surface area contributed by atoms with Crippen molar-refractivity contribution < 1.29 is 40.5 Å². The standard InChI is InChI=1S/C29H42F5N7O4SSi/c1-18-21(23(38-37-22(18)29(32,33)34)41-15-10-12-28(30,31)13-16-41)24(42)36-19-11-14-35-20(17-19)46(44,39-25(43)45-26(2,3)4)40-47(8,9)27(5,6)7/h11,14,17H,10,12-13,15-16H2,1-9H3,(H,35,36,42)(H,39,40,43,44). The third kappa shape index (κ3) is 9.58. The molecule has 0 aromatic carbocycles. The molecule has 3 rings (SSSR count). The number of carbonyl (C=O) groups excluding carboxylic acids is 2. The number of alkyl halides is 5. The van der Waals surface area contributed by atoms with Crippen LogP contribution in [0.1, 0.15) is 82.4 Å². The molecule has 0 saturated carbocycles. The molecule has 1 unspecified atom stereocenters. The summed E-state index contributed by atoms with van der Waals surface area (Å²) in [6, 6.07) is 2.50. The lowest BCUT2D eigenvalue weighted by Gasteiger charge is -2.33. The molecular weight excluding hydrogens is 666 g/mol. The number of hydrogen-bond acceptors (Lipinski definition) is 9. The van der Waals surface area contributed by atoms with E-state index in [4.69, 9.17) is 4.74 Å². The van der Waals surface area contributed by atoms with Gasteiger partial charge in [0.2, 0.25) is 5.92 Å². The molecule has 1 aliphatic rings. The van der Waals surface area contributed by atoms with Crippen LogP contribution in [-0.2, 0) is 20.8 Å². The quantitative estimate of drug-likeness (QED) is 0.235. The Morgan fingerprint density at radius 1 is 1.06 bits per heavy atom. The zero-order valence-corrected chi connectivity index (χ0v) is 29.8. The lowest BCUT2D eigenvalue weighted by Crippen LogP contribution is -2.42. The predicted octanol–water partition coefficient (Wildman–Crippen LogP) is 7.35. The van der Waals surface area contributed by atoms with Gasteiger partial charge in [-0.25, -0.2) is 27.5 Å². The highest BCUT2D eigenvalue weighted by Crippen LogP contribution is 2.39. The van der Waals surface area contributed by atoms with Crippen molar-refractivity contribution in [2.45, 2.75) is 109 Å². The van der Waals surface area contributed by atoms with E-state index in [1.54, 1.807) is 20.8 Å². The van der Waals surface area contributed by atoms with Crippen molar-refractivity contribution in [3.63, 3.8) is 0 Å². The van der Waals surface area contributed by atoms with Gasteiger partial charge in [-0.05, 0) is 69.9 Å². The molecule has 3 heterocycles. The van der Waals surface area contributed by atoms with Crippen molar-refractivity contribution in [2.75, 3.05) is 23.3 Å². The summed E-state index contributed by atoms with van der Waals surface area (Å²) >= 11 is 0. The summed E-state index contributed by atoms with van der Waals surface area (Å²) in [5, 5.41) is 8.84. The Morgan fingerprint density at radius 2 is 1.70 bits per heavy atom. The van der Waals surface area contributed by atoms with E-state index in [1.165, 1.54) is 23.2 Å². The maximum absolute atomic E-state index is 14.5. The van der Waals surface area contributed by atoms with Gasteiger partial charge in [-0.1, -0.05) is 20.8 Å². The molecule has 1 fully saturated rings. The number of amides is 2. The molecule has 2 aromatic rings. The summed E-state index contributed by atoms with van der Waals surface area (Å²) in [7, 11) is -6.58. The van der Waals surface area contributed by atoms with E-state index in [2.05, 4.69) is 29.2 Å². The van der Waals surface area contributed by atoms with Crippen molar-refractivity contribution in [2.24, 2.45) is 4.03 Å². The van der Waals surface area contributed by atoms with Crippen LogP contribution in [0.2, 0.25) is 18.1 Å². The monoisotopic (exact) mass is 707 g/mol. The minimum atomic E-state index is -4.95. The van der Waals surface area contributed by atoms with Gasteiger partial charge in [0, 0.05) is 37.8 Å². The molecule has 11 nitrogen and oxygen atoms in total. The van der Waals surface area contributed by atoms with E-state index < -0.39 is 82.6 Å². The van der Waals surface area contributed by atoms with Crippen LogP contribution in [0.4, 0.5) is 38.3 Å². The van der Waals surface area contributed by atoms with Crippen molar-refractivity contribution >= 4 is 41.7 Å². The van der Waals surface area contributed by atoms with Gasteiger partial charge in [-0.2, -0.15) is 13.2 Å². The second-order valence-corrected chi connectivity index (χ2v) is 21.0. The fraction of sp³-hybridized carbons (Fsp3) is 0.621. The minimum Gasteiger partial charge on any atom is -0.443 e. The van der Waals surface area contributed by atoms with Gasteiger partial charge < -0.3 is 15.0 Å². The van der Waals surface area contributed by atoms with Gasteiger partial charge in [0.25, 0.3) is 5.91 Å². The summed E-state index contributed by atoms with van der Waals surface area (Å²) in [4.78, 5) is 32.0. The first kappa shape index (κ1) is 38.0. The molecule has 1 aliphatic heterocycles. The summed E-state index contributed by atoms with van der Waals surface area (Å²) in [6.45, 7) is 15.1. The van der Waals surface area contributed by atoms with Crippen LogP contribution in [0, 0.1) is 6.92 Å². The SMILES string of the molecule is Cc1c(C(F)(F)F)nnc(N2CCCC(F)(F)CC2)c1C(=O)Nc1ccnc(S(=O)(=N[Si](C)(C)C(C)(C)C)NC(=O)OC(C)(C)C)c1. The van der Waals surface area contributed by atoms with Crippen LogP contribution in [-0.4, -0.2) is 64.2 Å². The highest BCUT2D eigenvalue weighted by atomic mass is 32.2. The summed E-state index contributed by atoms with van der Waals surface area (Å²) in [5.74, 6) is -4.29.